The van der Waals surface area contributed by atoms with Gasteiger partial charge < -0.3 is 30.2 Å². The first-order valence-corrected chi connectivity index (χ1v) is 13.8. The molecule has 0 spiro atoms. The molecule has 0 saturated carbocycles. The van der Waals surface area contributed by atoms with Gasteiger partial charge in [0.15, 0.2) is 0 Å². The van der Waals surface area contributed by atoms with Gasteiger partial charge in [0.05, 0.1) is 32.2 Å². The Hall–Kier alpha value is -5.64. The number of methoxy groups -OCH3 is 1. The number of carbonyl (C=O) groups excluding carboxylic acids is 3. The Kier molecular flexibility index (Phi) is 7.48. The largest absolute Gasteiger partial charge is 0.496 e. The molecule has 1 atom stereocenters. The lowest BCUT2D eigenvalue weighted by Crippen LogP contribution is -2.46. The van der Waals surface area contributed by atoms with Crippen molar-refractivity contribution in [3.8, 4) is 16.9 Å². The van der Waals surface area contributed by atoms with Crippen molar-refractivity contribution < 1.29 is 19.1 Å². The van der Waals surface area contributed by atoms with Crippen molar-refractivity contribution in [2.75, 3.05) is 12.0 Å². The molecule has 10 heteroatoms. The molecule has 0 bridgehead atoms. The number of anilines is 1. The minimum absolute atomic E-state index is 0.160. The molecule has 3 heterocycles. The number of benzene rings is 3. The van der Waals surface area contributed by atoms with E-state index >= 15 is 0 Å². The number of primary amides is 1. The molecule has 5 aromatic rings. The van der Waals surface area contributed by atoms with Gasteiger partial charge in [0.1, 0.15) is 17.5 Å². The molecular formula is C33H30N6O4. The van der Waals surface area contributed by atoms with E-state index in [0.29, 0.717) is 23.5 Å². The van der Waals surface area contributed by atoms with E-state index in [-0.39, 0.29) is 18.9 Å². The number of nitrogens with two attached hydrogens (primary N) is 1. The zero-order valence-corrected chi connectivity index (χ0v) is 23.5. The topological polar surface area (TPSA) is 135 Å². The number of nitrogens with zero attached hydrogens (tertiary/aromatic N) is 3. The van der Waals surface area contributed by atoms with E-state index in [1.807, 2.05) is 83.4 Å². The number of carbonyl (C=O) groups is 3. The smallest absolute Gasteiger partial charge is 0.268 e. The van der Waals surface area contributed by atoms with E-state index in [4.69, 9.17) is 10.5 Å². The predicted octanol–water partition coefficient (Wildman–Crippen LogP) is 3.92. The average Bonchev–Trinajstić information content (AvgIpc) is 3.66. The van der Waals surface area contributed by atoms with Crippen LogP contribution in [0.2, 0.25) is 0 Å². The summed E-state index contributed by atoms with van der Waals surface area (Å²) in [4.78, 5) is 48.2. The van der Waals surface area contributed by atoms with Crippen LogP contribution in [0.5, 0.6) is 5.75 Å². The summed E-state index contributed by atoms with van der Waals surface area (Å²) in [6.07, 6.45) is 3.32. The second-order valence-electron chi connectivity index (χ2n) is 10.3. The second kappa shape index (κ2) is 11.7. The van der Waals surface area contributed by atoms with Crippen LogP contribution in [-0.4, -0.2) is 45.4 Å². The molecule has 0 radical (unpaired) electrons. The number of hydrogen-bond acceptors (Lipinski definition) is 5. The molecule has 6 rings (SSSR count). The summed E-state index contributed by atoms with van der Waals surface area (Å²) < 4.78 is 7.37. The van der Waals surface area contributed by atoms with Gasteiger partial charge in [-0.05, 0) is 47.5 Å². The Labute approximate surface area is 248 Å². The summed E-state index contributed by atoms with van der Waals surface area (Å²) in [7, 11) is 1.63. The minimum atomic E-state index is -0.933. The van der Waals surface area contributed by atoms with E-state index in [9.17, 15) is 14.4 Å². The lowest BCUT2D eigenvalue weighted by molar-refractivity contribution is -0.119. The Balaban J connectivity index is 1.28. The van der Waals surface area contributed by atoms with Crippen LogP contribution in [0, 0.1) is 0 Å². The molecule has 0 fully saturated rings. The maximum atomic E-state index is 14.0. The van der Waals surface area contributed by atoms with Crippen molar-refractivity contribution in [2.45, 2.75) is 25.6 Å². The van der Waals surface area contributed by atoms with Crippen LogP contribution in [0.15, 0.2) is 97.5 Å². The van der Waals surface area contributed by atoms with Crippen molar-refractivity contribution in [1.29, 1.82) is 0 Å². The fourth-order valence-electron chi connectivity index (χ4n) is 5.44. The maximum absolute atomic E-state index is 14.0. The maximum Gasteiger partial charge on any atom is 0.268 e. The van der Waals surface area contributed by atoms with Crippen molar-refractivity contribution in [3.05, 3.63) is 126 Å². The molecule has 1 aliphatic rings. The molecule has 0 unspecified atom stereocenters. The summed E-state index contributed by atoms with van der Waals surface area (Å²) in [5, 5.41) is 2.76. The van der Waals surface area contributed by atoms with Crippen LogP contribution >= 0.6 is 0 Å². The average molecular weight is 575 g/mol. The summed E-state index contributed by atoms with van der Waals surface area (Å²) >= 11 is 0. The van der Waals surface area contributed by atoms with Gasteiger partial charge in [0.25, 0.3) is 11.8 Å². The monoisotopic (exact) mass is 574 g/mol. The van der Waals surface area contributed by atoms with Crippen LogP contribution in [0.4, 0.5) is 5.69 Å². The Bertz CT molecular complexity index is 1790. The zero-order valence-electron chi connectivity index (χ0n) is 23.5. The molecule has 43 heavy (non-hydrogen) atoms. The van der Waals surface area contributed by atoms with E-state index in [1.165, 1.54) is 6.33 Å². The van der Waals surface area contributed by atoms with Gasteiger partial charge >= 0.3 is 0 Å². The second-order valence-corrected chi connectivity index (χ2v) is 10.3. The fraction of sp³-hybridized carbons (Fsp3) is 0.152. The number of nitrogens with one attached hydrogen (secondary N) is 2. The summed E-state index contributed by atoms with van der Waals surface area (Å²) in [6.45, 7) is 0.627. The first-order valence-electron chi connectivity index (χ1n) is 13.8. The van der Waals surface area contributed by atoms with Crippen LogP contribution in [0.3, 0.4) is 0 Å². The van der Waals surface area contributed by atoms with Gasteiger partial charge in [0, 0.05) is 35.1 Å². The number of para-hydroxylation sites is 2. The Morgan fingerprint density at radius 3 is 2.49 bits per heavy atom. The standard InChI is InChI=1S/C33H30N6O4/c1-43-30-9-5-3-7-26(30)21-10-12-22(13-11-21)33(42)39-19-25-14-15-29(38(25)18-23-6-2-4-8-28(23)39)32(41)37-27(31(34)40)16-24-17-35-20-36-24/h2-15,17,20,27H,16,18-19H2,1H3,(H2,34,40)(H,35,36)(H,37,41)/t27-/m0/s1. The predicted molar refractivity (Wildman–Crippen MR) is 162 cm³/mol. The van der Waals surface area contributed by atoms with E-state index in [2.05, 4.69) is 15.3 Å². The molecule has 1 aliphatic heterocycles. The molecule has 3 aromatic carbocycles. The van der Waals surface area contributed by atoms with Gasteiger partial charge in [-0.25, -0.2) is 4.98 Å². The molecular weight excluding hydrogens is 544 g/mol. The fourth-order valence-corrected chi connectivity index (χ4v) is 5.44. The lowest BCUT2D eigenvalue weighted by atomic mass is 10.0. The van der Waals surface area contributed by atoms with E-state index < -0.39 is 17.9 Å². The van der Waals surface area contributed by atoms with Gasteiger partial charge in [-0.3, -0.25) is 14.4 Å². The summed E-state index contributed by atoms with van der Waals surface area (Å²) in [5.74, 6) is -0.494. The number of H-pyrrole nitrogens is 1. The number of aromatic amines is 1. The molecule has 4 N–H and O–H groups in total. The molecule has 10 nitrogen and oxygen atoms in total. The minimum Gasteiger partial charge on any atom is -0.496 e. The van der Waals surface area contributed by atoms with E-state index in [0.717, 1.165) is 33.8 Å². The third-order valence-electron chi connectivity index (χ3n) is 7.65. The summed E-state index contributed by atoms with van der Waals surface area (Å²) in [6, 6.07) is 25.5. The number of hydrogen-bond donors (Lipinski definition) is 3. The van der Waals surface area contributed by atoms with Gasteiger partial charge in [0.2, 0.25) is 5.91 Å². The Morgan fingerprint density at radius 1 is 0.977 bits per heavy atom. The van der Waals surface area contributed by atoms with E-state index in [1.54, 1.807) is 24.3 Å². The zero-order chi connectivity index (χ0) is 29.9. The number of amides is 3. The van der Waals surface area contributed by atoms with Crippen LogP contribution < -0.4 is 20.7 Å². The molecule has 0 saturated heterocycles. The number of fused-ring (bicyclic) bond motifs is 2. The van der Waals surface area contributed by atoms with Crippen LogP contribution in [0.1, 0.15) is 37.8 Å². The number of aromatic nitrogens is 3. The highest BCUT2D eigenvalue weighted by Gasteiger charge is 2.29. The van der Waals surface area contributed by atoms with Gasteiger partial charge in [-0.1, -0.05) is 48.5 Å². The van der Waals surface area contributed by atoms with Gasteiger partial charge in [-0.15, -0.1) is 0 Å². The highest BCUT2D eigenvalue weighted by atomic mass is 16.5. The SMILES string of the molecule is COc1ccccc1-c1ccc(C(=O)N2Cc3ccc(C(=O)N[C@@H](Cc4c[nH]cn4)C(N)=O)n3Cc3ccccc32)cc1. The first-order chi connectivity index (χ1) is 20.9. The third-order valence-corrected chi connectivity index (χ3v) is 7.65. The number of rotatable bonds is 8. The first kappa shape index (κ1) is 27.5. The third kappa shape index (κ3) is 5.50. The molecule has 2 aromatic heterocycles. The van der Waals surface area contributed by atoms with Crippen LogP contribution in [0.25, 0.3) is 11.1 Å². The van der Waals surface area contributed by atoms with Crippen molar-refractivity contribution >= 4 is 23.4 Å². The number of imidazole rings is 1. The van der Waals surface area contributed by atoms with Crippen LogP contribution in [-0.2, 0) is 24.3 Å². The van der Waals surface area contributed by atoms with Crippen molar-refractivity contribution in [2.24, 2.45) is 5.73 Å². The van der Waals surface area contributed by atoms with Gasteiger partial charge in [-0.2, -0.15) is 0 Å². The normalized spacial score (nSPS) is 12.9. The molecule has 216 valence electrons. The Morgan fingerprint density at radius 2 is 1.74 bits per heavy atom. The van der Waals surface area contributed by atoms with Crippen molar-refractivity contribution in [1.82, 2.24) is 19.9 Å². The highest BCUT2D eigenvalue weighted by Crippen LogP contribution is 2.32. The molecule has 3 amide bonds. The molecule has 0 aliphatic carbocycles. The van der Waals surface area contributed by atoms with Crippen molar-refractivity contribution in [3.63, 3.8) is 0 Å². The highest BCUT2D eigenvalue weighted by molar-refractivity contribution is 6.07. The lowest BCUT2D eigenvalue weighted by Gasteiger charge is -2.23. The summed E-state index contributed by atoms with van der Waals surface area (Å²) in [5.41, 5.74) is 11.4. The number of ether oxygens (including phenoxy) is 1. The quantitative estimate of drug-likeness (QED) is 0.258.